The van der Waals surface area contributed by atoms with Crippen molar-refractivity contribution in [2.45, 2.75) is 33.6 Å². The zero-order chi connectivity index (χ0) is 15.2. The number of hydrogen-bond donors (Lipinski definition) is 1. The first-order chi connectivity index (χ1) is 9.33. The van der Waals surface area contributed by atoms with Gasteiger partial charge in [-0.25, -0.2) is 0 Å². The maximum Gasteiger partial charge on any atom is 0.226 e. The minimum atomic E-state index is -0.0938. The number of carbonyl (C=O) groups excluding carboxylic acids is 1. The molecule has 1 rings (SSSR count). The predicted octanol–water partition coefficient (Wildman–Crippen LogP) is 2.09. The second-order valence-corrected chi connectivity index (χ2v) is 6.53. The van der Waals surface area contributed by atoms with E-state index >= 15 is 0 Å². The Morgan fingerprint density at radius 3 is 2.60 bits per heavy atom. The van der Waals surface area contributed by atoms with E-state index in [0.29, 0.717) is 13.1 Å². The monoisotopic (exact) mass is 277 g/mol. The van der Waals surface area contributed by atoms with Gasteiger partial charge < -0.3 is 10.6 Å². The van der Waals surface area contributed by atoms with Crippen molar-refractivity contribution in [2.24, 2.45) is 17.1 Å². The summed E-state index contributed by atoms with van der Waals surface area (Å²) < 4.78 is 0. The predicted molar refractivity (Wildman–Crippen MR) is 82.2 cm³/mol. The van der Waals surface area contributed by atoms with Gasteiger partial charge in [0.1, 0.15) is 0 Å². The van der Waals surface area contributed by atoms with E-state index in [1.807, 2.05) is 25.2 Å². The number of nitrogens with zero attached hydrogens (tertiary/aromatic N) is 2. The third-order valence-electron chi connectivity index (χ3n) is 3.30. The molecule has 1 atom stereocenters. The Morgan fingerprint density at radius 2 is 2.10 bits per heavy atom. The third-order valence-corrected chi connectivity index (χ3v) is 3.30. The fourth-order valence-corrected chi connectivity index (χ4v) is 2.26. The van der Waals surface area contributed by atoms with Crippen LogP contribution in [-0.4, -0.2) is 35.9 Å². The fourth-order valence-electron chi connectivity index (χ4n) is 2.26. The summed E-state index contributed by atoms with van der Waals surface area (Å²) in [5.41, 5.74) is 6.89. The smallest absolute Gasteiger partial charge is 0.226 e. The topological polar surface area (TPSA) is 59.2 Å². The normalized spacial score (nSPS) is 13.1. The maximum atomic E-state index is 12.4. The minimum absolute atomic E-state index is 0.0938. The van der Waals surface area contributed by atoms with Crippen LogP contribution in [0.4, 0.5) is 0 Å². The summed E-state index contributed by atoms with van der Waals surface area (Å²) in [5, 5.41) is 0. The Labute approximate surface area is 122 Å². The highest BCUT2D eigenvalue weighted by Crippen LogP contribution is 2.24. The zero-order valence-corrected chi connectivity index (χ0v) is 13.1. The van der Waals surface area contributed by atoms with Crippen LogP contribution in [0.15, 0.2) is 24.4 Å². The summed E-state index contributed by atoms with van der Waals surface area (Å²) in [6.45, 7) is 7.49. The molecule has 20 heavy (non-hydrogen) atoms. The van der Waals surface area contributed by atoms with Gasteiger partial charge in [0.25, 0.3) is 0 Å². The third kappa shape index (κ3) is 5.70. The van der Waals surface area contributed by atoms with Crippen LogP contribution < -0.4 is 5.73 Å². The largest absolute Gasteiger partial charge is 0.345 e. The first-order valence-electron chi connectivity index (χ1n) is 7.18. The molecule has 0 saturated heterocycles. The minimum Gasteiger partial charge on any atom is -0.345 e. The Kier molecular flexibility index (Phi) is 6.14. The highest BCUT2D eigenvalue weighted by Gasteiger charge is 2.25. The molecule has 1 heterocycles. The van der Waals surface area contributed by atoms with Crippen LogP contribution in [0.5, 0.6) is 0 Å². The summed E-state index contributed by atoms with van der Waals surface area (Å²) >= 11 is 0. The molecule has 0 radical (unpaired) electrons. The summed E-state index contributed by atoms with van der Waals surface area (Å²) in [7, 11) is 1.84. The number of nitrogens with two attached hydrogens (primary N) is 1. The van der Waals surface area contributed by atoms with Gasteiger partial charge >= 0.3 is 0 Å². The lowest BCUT2D eigenvalue weighted by Crippen LogP contribution is -2.39. The van der Waals surface area contributed by atoms with Crippen molar-refractivity contribution >= 4 is 5.91 Å². The van der Waals surface area contributed by atoms with Crippen molar-refractivity contribution in [1.82, 2.24) is 9.88 Å². The van der Waals surface area contributed by atoms with Crippen LogP contribution in [0.1, 0.15) is 32.9 Å². The quantitative estimate of drug-likeness (QED) is 0.866. The second kappa shape index (κ2) is 7.39. The van der Waals surface area contributed by atoms with E-state index in [2.05, 4.69) is 25.8 Å². The lowest BCUT2D eigenvalue weighted by atomic mass is 9.84. The Morgan fingerprint density at radius 1 is 1.40 bits per heavy atom. The molecule has 2 N–H and O–H groups in total. The van der Waals surface area contributed by atoms with Gasteiger partial charge in [0.2, 0.25) is 5.91 Å². The average molecular weight is 277 g/mol. The van der Waals surface area contributed by atoms with E-state index in [1.54, 1.807) is 11.1 Å². The van der Waals surface area contributed by atoms with Gasteiger partial charge in [-0.05, 0) is 24.0 Å². The molecule has 112 valence electrons. The Bertz CT molecular complexity index is 411. The Balaban J connectivity index is 2.52. The highest BCUT2D eigenvalue weighted by molar-refractivity contribution is 5.78. The standard InChI is InChI=1S/C16H27N3O/c1-16(2,3)11-13(12-17)15(20)19(4)10-8-14-7-5-6-9-18-14/h5-7,9,13H,8,10-12,17H2,1-4H3. The van der Waals surface area contributed by atoms with Crippen molar-refractivity contribution in [2.75, 3.05) is 20.1 Å². The molecule has 0 aliphatic heterocycles. The molecule has 0 bridgehead atoms. The van der Waals surface area contributed by atoms with E-state index in [1.165, 1.54) is 0 Å². The van der Waals surface area contributed by atoms with Crippen molar-refractivity contribution in [3.05, 3.63) is 30.1 Å². The van der Waals surface area contributed by atoms with Gasteiger partial charge in [-0.1, -0.05) is 26.8 Å². The van der Waals surface area contributed by atoms with Gasteiger partial charge in [0, 0.05) is 38.4 Å². The summed E-state index contributed by atoms with van der Waals surface area (Å²) in [6.07, 6.45) is 3.37. The van der Waals surface area contributed by atoms with Crippen LogP contribution in [0.25, 0.3) is 0 Å². The van der Waals surface area contributed by atoms with Gasteiger partial charge in [0.15, 0.2) is 0 Å². The molecule has 0 aliphatic rings. The van der Waals surface area contributed by atoms with Crippen LogP contribution in [0.2, 0.25) is 0 Å². The molecule has 1 aromatic heterocycles. The van der Waals surface area contributed by atoms with Gasteiger partial charge in [-0.3, -0.25) is 9.78 Å². The summed E-state index contributed by atoms with van der Waals surface area (Å²) in [4.78, 5) is 18.4. The van der Waals surface area contributed by atoms with Crippen molar-refractivity contribution in [3.8, 4) is 0 Å². The van der Waals surface area contributed by atoms with Crippen molar-refractivity contribution in [3.63, 3.8) is 0 Å². The molecule has 4 heteroatoms. The fraction of sp³-hybridized carbons (Fsp3) is 0.625. The molecule has 4 nitrogen and oxygen atoms in total. The van der Waals surface area contributed by atoms with Crippen molar-refractivity contribution in [1.29, 1.82) is 0 Å². The second-order valence-electron chi connectivity index (χ2n) is 6.53. The molecule has 1 amide bonds. The van der Waals surface area contributed by atoms with E-state index in [0.717, 1.165) is 18.5 Å². The average Bonchev–Trinajstić information content (AvgIpc) is 2.41. The molecule has 1 aromatic rings. The Hall–Kier alpha value is -1.42. The number of pyridine rings is 1. The molecule has 0 spiro atoms. The molecule has 0 aliphatic carbocycles. The first-order valence-corrected chi connectivity index (χ1v) is 7.18. The SMILES string of the molecule is CN(CCc1ccccn1)C(=O)C(CN)CC(C)(C)C. The highest BCUT2D eigenvalue weighted by atomic mass is 16.2. The summed E-state index contributed by atoms with van der Waals surface area (Å²) in [5.74, 6) is 0.0436. The summed E-state index contributed by atoms with van der Waals surface area (Å²) in [6, 6.07) is 5.84. The van der Waals surface area contributed by atoms with Gasteiger partial charge in [0.05, 0.1) is 5.92 Å². The zero-order valence-electron chi connectivity index (χ0n) is 13.1. The van der Waals surface area contributed by atoms with E-state index in [9.17, 15) is 4.79 Å². The number of carbonyl (C=O) groups is 1. The molecular formula is C16H27N3O. The van der Waals surface area contributed by atoms with E-state index in [-0.39, 0.29) is 17.2 Å². The van der Waals surface area contributed by atoms with Gasteiger partial charge in [-0.2, -0.15) is 0 Å². The molecule has 1 unspecified atom stereocenters. The van der Waals surface area contributed by atoms with Crippen LogP contribution >= 0.6 is 0 Å². The molecule has 0 aromatic carbocycles. The van der Waals surface area contributed by atoms with E-state index < -0.39 is 0 Å². The maximum absolute atomic E-state index is 12.4. The van der Waals surface area contributed by atoms with Crippen molar-refractivity contribution < 1.29 is 4.79 Å². The van der Waals surface area contributed by atoms with Crippen LogP contribution in [0, 0.1) is 11.3 Å². The number of rotatable bonds is 6. The molecule has 0 saturated carbocycles. The van der Waals surface area contributed by atoms with Crippen LogP contribution in [0.3, 0.4) is 0 Å². The molecular weight excluding hydrogens is 250 g/mol. The lowest BCUT2D eigenvalue weighted by molar-refractivity contribution is -0.134. The van der Waals surface area contributed by atoms with E-state index in [4.69, 9.17) is 5.73 Å². The lowest BCUT2D eigenvalue weighted by Gasteiger charge is -2.28. The molecule has 0 fully saturated rings. The number of hydrogen-bond acceptors (Lipinski definition) is 3. The first kappa shape index (κ1) is 16.6. The number of amides is 1. The van der Waals surface area contributed by atoms with Crippen LogP contribution in [-0.2, 0) is 11.2 Å². The number of aromatic nitrogens is 1. The van der Waals surface area contributed by atoms with Gasteiger partial charge in [-0.15, -0.1) is 0 Å². The number of likely N-dealkylation sites (N-methyl/N-ethyl adjacent to an activating group) is 1.